The molecule has 0 fully saturated rings. The number of aliphatic carboxylic acids is 1. The van der Waals surface area contributed by atoms with Crippen molar-refractivity contribution < 1.29 is 19.8 Å². The molecule has 2 N–H and O–H groups in total. The van der Waals surface area contributed by atoms with Crippen molar-refractivity contribution >= 4 is 35.5 Å². The molecule has 0 aliphatic heterocycles. The van der Waals surface area contributed by atoms with Crippen molar-refractivity contribution in [2.24, 2.45) is 5.92 Å². The number of carboxylic acids is 1. The van der Waals surface area contributed by atoms with Gasteiger partial charge in [-0.05, 0) is 17.7 Å². The molecule has 4 nitrogen and oxygen atoms in total. The lowest BCUT2D eigenvalue weighted by Gasteiger charge is -2.27. The van der Waals surface area contributed by atoms with Gasteiger partial charge in [0.2, 0.25) is 0 Å². The van der Waals surface area contributed by atoms with Gasteiger partial charge in [0.15, 0.2) is 5.60 Å². The molecule has 0 saturated heterocycles. The highest BCUT2D eigenvalue weighted by Crippen LogP contribution is 2.33. The van der Waals surface area contributed by atoms with Crippen LogP contribution in [0.5, 0.6) is 0 Å². The van der Waals surface area contributed by atoms with E-state index in [0.717, 1.165) is 0 Å². The average Bonchev–Trinajstić information content (AvgIpc) is 2.30. The lowest BCUT2D eigenvalue weighted by Crippen LogP contribution is -2.42. The predicted molar refractivity (Wildman–Crippen MR) is 63.2 cm³/mol. The maximum atomic E-state index is 11.1. The van der Waals surface area contributed by atoms with Gasteiger partial charge in [0.05, 0.1) is 16.0 Å². The molecule has 6 heteroatoms. The van der Waals surface area contributed by atoms with Crippen LogP contribution in [0.3, 0.4) is 0 Å². The molecule has 0 heterocycles. The molecule has 0 radical (unpaired) electrons. The van der Waals surface area contributed by atoms with Gasteiger partial charge in [0.25, 0.3) is 0 Å². The second kappa shape index (κ2) is 5.04. The van der Waals surface area contributed by atoms with Crippen molar-refractivity contribution in [1.29, 1.82) is 0 Å². The fourth-order valence-electron chi connectivity index (χ4n) is 1.41. The summed E-state index contributed by atoms with van der Waals surface area (Å²) in [5.41, 5.74) is -2.30. The van der Waals surface area contributed by atoms with E-state index in [0.29, 0.717) is 6.29 Å². The molecule has 0 aliphatic rings. The zero-order valence-electron chi connectivity index (χ0n) is 8.85. The Hall–Kier alpha value is -1.10. The molecular weight excluding hydrogens is 267 g/mol. The lowest BCUT2D eigenvalue weighted by molar-refractivity contribution is -0.167. The van der Waals surface area contributed by atoms with E-state index < -0.39 is 17.5 Å². The van der Waals surface area contributed by atoms with E-state index in [1.807, 2.05) is 0 Å². The Kier molecular flexibility index (Phi) is 4.14. The van der Waals surface area contributed by atoms with E-state index >= 15 is 0 Å². The largest absolute Gasteiger partial charge is 0.479 e. The predicted octanol–water partition coefficient (Wildman–Crippen LogP) is 2.10. The number of carbonyl (C=O) groups excluding carboxylic acids is 1. The first-order valence-corrected chi connectivity index (χ1v) is 5.46. The van der Waals surface area contributed by atoms with Gasteiger partial charge in [-0.2, -0.15) is 0 Å². The molecule has 0 bridgehead atoms. The van der Waals surface area contributed by atoms with Crippen molar-refractivity contribution in [2.45, 2.75) is 12.5 Å². The summed E-state index contributed by atoms with van der Waals surface area (Å²) in [7, 11) is 0. The Morgan fingerprint density at radius 3 is 2.41 bits per heavy atom. The fraction of sp³-hybridized carbons (Fsp3) is 0.273. The topological polar surface area (TPSA) is 74.6 Å². The molecule has 0 aromatic heterocycles. The minimum Gasteiger partial charge on any atom is -0.479 e. The Morgan fingerprint density at radius 2 is 2.00 bits per heavy atom. The molecule has 2 atom stereocenters. The maximum absolute atomic E-state index is 11.1. The third-order valence-electron chi connectivity index (χ3n) is 2.55. The Labute approximate surface area is 108 Å². The van der Waals surface area contributed by atoms with Crippen LogP contribution in [0, 0.1) is 5.92 Å². The molecule has 0 unspecified atom stereocenters. The highest BCUT2D eigenvalue weighted by Gasteiger charge is 2.43. The summed E-state index contributed by atoms with van der Waals surface area (Å²) in [4.78, 5) is 21.8. The first-order chi connectivity index (χ1) is 7.83. The number of rotatable bonds is 4. The molecule has 0 amide bonds. The second-order valence-corrected chi connectivity index (χ2v) is 4.44. The number of hydrogen-bond acceptors (Lipinski definition) is 3. The van der Waals surface area contributed by atoms with E-state index in [4.69, 9.17) is 28.3 Å². The first kappa shape index (κ1) is 14.0. The van der Waals surface area contributed by atoms with Crippen LogP contribution in [0.4, 0.5) is 0 Å². The molecule has 0 aliphatic carbocycles. The van der Waals surface area contributed by atoms with Gasteiger partial charge in [-0.15, -0.1) is 0 Å². The number of halogens is 2. The summed E-state index contributed by atoms with van der Waals surface area (Å²) in [6.07, 6.45) is 0.372. The van der Waals surface area contributed by atoms with Gasteiger partial charge in [0, 0.05) is 0 Å². The van der Waals surface area contributed by atoms with Gasteiger partial charge in [-0.1, -0.05) is 36.2 Å². The Morgan fingerprint density at radius 1 is 1.41 bits per heavy atom. The number of carboxylic acid groups (broad SMARTS) is 1. The summed E-state index contributed by atoms with van der Waals surface area (Å²) in [5.74, 6) is -2.63. The molecule has 0 saturated carbocycles. The molecule has 1 rings (SSSR count). The molecule has 1 aromatic rings. The highest BCUT2D eigenvalue weighted by molar-refractivity contribution is 6.42. The van der Waals surface area contributed by atoms with Crippen LogP contribution in [0.25, 0.3) is 0 Å². The molecule has 1 aromatic carbocycles. The fourth-order valence-corrected chi connectivity index (χ4v) is 1.71. The average molecular weight is 277 g/mol. The van der Waals surface area contributed by atoms with Gasteiger partial charge in [-0.25, -0.2) is 4.79 Å². The number of benzene rings is 1. The maximum Gasteiger partial charge on any atom is 0.341 e. The summed E-state index contributed by atoms with van der Waals surface area (Å²) in [5, 5.41) is 19.5. The molecular formula is C11H10Cl2O4. The number of aliphatic hydroxyl groups is 1. The van der Waals surface area contributed by atoms with Crippen LogP contribution < -0.4 is 0 Å². The van der Waals surface area contributed by atoms with Crippen LogP contribution in [-0.4, -0.2) is 22.5 Å². The van der Waals surface area contributed by atoms with Crippen molar-refractivity contribution in [1.82, 2.24) is 0 Å². The smallest absolute Gasteiger partial charge is 0.341 e. The zero-order chi connectivity index (χ0) is 13.2. The van der Waals surface area contributed by atoms with Crippen molar-refractivity contribution in [3.63, 3.8) is 0 Å². The van der Waals surface area contributed by atoms with Crippen LogP contribution in [0.2, 0.25) is 10.0 Å². The summed E-state index contributed by atoms with van der Waals surface area (Å²) in [6, 6.07) is 3.92. The van der Waals surface area contributed by atoms with E-state index in [1.54, 1.807) is 0 Å². The lowest BCUT2D eigenvalue weighted by atomic mass is 9.83. The Bertz CT molecular complexity index is 461. The number of carbonyl (C=O) groups is 2. The van der Waals surface area contributed by atoms with Gasteiger partial charge in [-0.3, -0.25) is 0 Å². The van der Waals surface area contributed by atoms with E-state index in [2.05, 4.69) is 0 Å². The minimum atomic E-state index is -2.31. The van der Waals surface area contributed by atoms with Gasteiger partial charge >= 0.3 is 5.97 Å². The third kappa shape index (κ3) is 2.44. The zero-order valence-corrected chi connectivity index (χ0v) is 10.4. The summed E-state index contributed by atoms with van der Waals surface area (Å²) < 4.78 is 0. The Balaban J connectivity index is 3.37. The molecule has 0 spiro atoms. The SMILES string of the molecule is C[C@H](C=O)[C@](O)(C(=O)O)c1ccc(Cl)c(Cl)c1. The summed E-state index contributed by atoms with van der Waals surface area (Å²) in [6.45, 7) is 1.31. The van der Waals surface area contributed by atoms with Gasteiger partial charge in [0.1, 0.15) is 6.29 Å². The van der Waals surface area contributed by atoms with Crippen LogP contribution in [-0.2, 0) is 15.2 Å². The standard InChI is InChI=1S/C11H10Cl2O4/c1-6(5-14)11(17,10(15)16)7-2-3-8(12)9(13)4-7/h2-6,17H,1H3,(H,15,16)/t6-,11-/m1/s1. The van der Waals surface area contributed by atoms with E-state index in [9.17, 15) is 14.7 Å². The normalized spacial score (nSPS) is 16.0. The number of hydrogen-bond donors (Lipinski definition) is 2. The van der Waals surface area contributed by atoms with Gasteiger partial charge < -0.3 is 15.0 Å². The second-order valence-electron chi connectivity index (χ2n) is 3.63. The first-order valence-electron chi connectivity index (χ1n) is 4.70. The minimum absolute atomic E-state index is 0.0130. The van der Waals surface area contributed by atoms with Crippen LogP contribution >= 0.6 is 23.2 Å². The highest BCUT2D eigenvalue weighted by atomic mass is 35.5. The van der Waals surface area contributed by atoms with Crippen molar-refractivity contribution in [3.05, 3.63) is 33.8 Å². The van der Waals surface area contributed by atoms with Crippen molar-refractivity contribution in [2.75, 3.05) is 0 Å². The van der Waals surface area contributed by atoms with E-state index in [1.165, 1.54) is 25.1 Å². The monoisotopic (exact) mass is 276 g/mol. The molecule has 92 valence electrons. The van der Waals surface area contributed by atoms with Crippen molar-refractivity contribution in [3.8, 4) is 0 Å². The number of aldehydes is 1. The molecule has 17 heavy (non-hydrogen) atoms. The van der Waals surface area contributed by atoms with E-state index in [-0.39, 0.29) is 15.6 Å². The quantitative estimate of drug-likeness (QED) is 0.826. The third-order valence-corrected chi connectivity index (χ3v) is 3.29. The van der Waals surface area contributed by atoms with Crippen LogP contribution in [0.1, 0.15) is 12.5 Å². The van der Waals surface area contributed by atoms with Crippen LogP contribution in [0.15, 0.2) is 18.2 Å². The summed E-state index contributed by atoms with van der Waals surface area (Å²) >= 11 is 11.4.